The SMILES string of the molecule is O=C(O)CC[C@H]1CCCN(C(=O)c2ccc(-n3cncn3)cc2)C1. The average Bonchev–Trinajstić information content (AvgIpc) is 3.14. The summed E-state index contributed by atoms with van der Waals surface area (Å²) in [5.41, 5.74) is 1.49. The van der Waals surface area contributed by atoms with Crippen LogP contribution in [0.2, 0.25) is 0 Å². The number of amides is 1. The number of hydrogen-bond donors (Lipinski definition) is 1. The molecule has 2 aromatic rings. The van der Waals surface area contributed by atoms with Crippen LogP contribution in [0.5, 0.6) is 0 Å². The minimum atomic E-state index is -0.776. The Morgan fingerprint density at radius 1 is 1.25 bits per heavy atom. The third kappa shape index (κ3) is 3.79. The van der Waals surface area contributed by atoms with Crippen molar-refractivity contribution in [2.45, 2.75) is 25.7 Å². The zero-order valence-electron chi connectivity index (χ0n) is 13.3. The molecule has 0 bridgehead atoms. The Balaban J connectivity index is 1.64. The van der Waals surface area contributed by atoms with Gasteiger partial charge in [-0.25, -0.2) is 9.67 Å². The van der Waals surface area contributed by atoms with Crippen molar-refractivity contribution in [3.8, 4) is 5.69 Å². The van der Waals surface area contributed by atoms with E-state index in [1.807, 2.05) is 17.0 Å². The summed E-state index contributed by atoms with van der Waals surface area (Å²) in [4.78, 5) is 29.1. The number of carbonyl (C=O) groups is 2. The molecule has 1 amide bonds. The second-order valence-electron chi connectivity index (χ2n) is 6.08. The Labute approximate surface area is 139 Å². The van der Waals surface area contributed by atoms with E-state index in [9.17, 15) is 9.59 Å². The Bertz CT molecular complexity index is 697. The maximum atomic E-state index is 12.7. The number of nitrogens with zero attached hydrogens (tertiary/aromatic N) is 4. The van der Waals surface area contributed by atoms with E-state index in [0.29, 0.717) is 18.5 Å². The molecule has 0 aliphatic carbocycles. The summed E-state index contributed by atoms with van der Waals surface area (Å²) in [6.07, 6.45) is 5.78. The second-order valence-corrected chi connectivity index (χ2v) is 6.08. The van der Waals surface area contributed by atoms with E-state index < -0.39 is 5.97 Å². The first-order chi connectivity index (χ1) is 11.6. The van der Waals surface area contributed by atoms with Crippen molar-refractivity contribution in [2.24, 2.45) is 5.92 Å². The molecule has 1 aromatic carbocycles. The molecule has 7 heteroatoms. The first-order valence-corrected chi connectivity index (χ1v) is 8.09. The number of aliphatic carboxylic acids is 1. The standard InChI is InChI=1S/C17H20N4O3/c22-16(23)8-3-13-2-1-9-20(10-13)17(24)14-4-6-15(7-5-14)21-12-18-11-19-21/h4-7,11-13H,1-3,8-10H2,(H,22,23)/t13-/m1/s1. The van der Waals surface area contributed by atoms with Gasteiger partial charge in [0.25, 0.3) is 5.91 Å². The highest BCUT2D eigenvalue weighted by Gasteiger charge is 2.24. The first kappa shape index (κ1) is 16.2. The zero-order valence-corrected chi connectivity index (χ0v) is 13.3. The van der Waals surface area contributed by atoms with Crippen LogP contribution in [0, 0.1) is 5.92 Å². The summed E-state index contributed by atoms with van der Waals surface area (Å²) >= 11 is 0. The molecule has 0 saturated carbocycles. The Morgan fingerprint density at radius 2 is 2.04 bits per heavy atom. The highest BCUT2D eigenvalue weighted by Crippen LogP contribution is 2.22. The molecule has 3 rings (SSSR count). The van der Waals surface area contributed by atoms with Crippen LogP contribution >= 0.6 is 0 Å². The number of carbonyl (C=O) groups excluding carboxylic acids is 1. The Kier molecular flexibility index (Phi) is 4.88. The lowest BCUT2D eigenvalue weighted by molar-refractivity contribution is -0.137. The van der Waals surface area contributed by atoms with Gasteiger partial charge in [0.15, 0.2) is 0 Å². The van der Waals surface area contributed by atoms with Gasteiger partial charge in [0.05, 0.1) is 5.69 Å². The first-order valence-electron chi connectivity index (χ1n) is 8.09. The summed E-state index contributed by atoms with van der Waals surface area (Å²) in [5, 5.41) is 12.9. The summed E-state index contributed by atoms with van der Waals surface area (Å²) < 4.78 is 1.64. The van der Waals surface area contributed by atoms with Gasteiger partial charge in [-0.05, 0) is 49.4 Å². The topological polar surface area (TPSA) is 88.3 Å². The average molecular weight is 328 g/mol. The van der Waals surface area contributed by atoms with Crippen LogP contribution in [0.25, 0.3) is 5.69 Å². The summed E-state index contributed by atoms with van der Waals surface area (Å²) in [5.74, 6) is -0.504. The van der Waals surface area contributed by atoms with Crippen molar-refractivity contribution in [2.75, 3.05) is 13.1 Å². The molecule has 126 valence electrons. The fourth-order valence-electron chi connectivity index (χ4n) is 3.09. The fourth-order valence-corrected chi connectivity index (χ4v) is 3.09. The van der Waals surface area contributed by atoms with Gasteiger partial charge in [0.2, 0.25) is 0 Å². The molecule has 0 radical (unpaired) electrons. The van der Waals surface area contributed by atoms with Gasteiger partial charge in [0.1, 0.15) is 12.7 Å². The molecule has 1 N–H and O–H groups in total. The van der Waals surface area contributed by atoms with Gasteiger partial charge in [-0.1, -0.05) is 0 Å². The molecule has 1 aromatic heterocycles. The molecule has 7 nitrogen and oxygen atoms in total. The molecular formula is C17H20N4O3. The third-order valence-corrected chi connectivity index (χ3v) is 4.37. The predicted molar refractivity (Wildman–Crippen MR) is 86.9 cm³/mol. The highest BCUT2D eigenvalue weighted by molar-refractivity contribution is 5.94. The molecule has 0 unspecified atom stereocenters. The van der Waals surface area contributed by atoms with Crippen molar-refractivity contribution < 1.29 is 14.7 Å². The van der Waals surface area contributed by atoms with Gasteiger partial charge >= 0.3 is 5.97 Å². The lowest BCUT2D eigenvalue weighted by Gasteiger charge is -2.32. The number of carboxylic acid groups (broad SMARTS) is 1. The van der Waals surface area contributed by atoms with Crippen LogP contribution in [0.4, 0.5) is 0 Å². The fraction of sp³-hybridized carbons (Fsp3) is 0.412. The molecule has 24 heavy (non-hydrogen) atoms. The van der Waals surface area contributed by atoms with Crippen LogP contribution in [-0.2, 0) is 4.79 Å². The molecule has 1 atom stereocenters. The van der Waals surface area contributed by atoms with Gasteiger partial charge < -0.3 is 10.0 Å². The van der Waals surface area contributed by atoms with E-state index in [4.69, 9.17) is 5.11 Å². The number of piperidine rings is 1. The number of aromatic nitrogens is 3. The van der Waals surface area contributed by atoms with E-state index in [-0.39, 0.29) is 18.2 Å². The Hall–Kier alpha value is -2.70. The number of carboxylic acids is 1. The van der Waals surface area contributed by atoms with E-state index >= 15 is 0 Å². The highest BCUT2D eigenvalue weighted by atomic mass is 16.4. The van der Waals surface area contributed by atoms with Crippen LogP contribution < -0.4 is 0 Å². The largest absolute Gasteiger partial charge is 0.481 e. The van der Waals surface area contributed by atoms with E-state index in [1.54, 1.807) is 23.1 Å². The van der Waals surface area contributed by atoms with Crippen molar-refractivity contribution in [1.29, 1.82) is 0 Å². The van der Waals surface area contributed by atoms with Gasteiger partial charge in [-0.3, -0.25) is 9.59 Å². The normalized spacial score (nSPS) is 17.7. The van der Waals surface area contributed by atoms with Crippen LogP contribution in [0.3, 0.4) is 0 Å². The van der Waals surface area contributed by atoms with Crippen molar-refractivity contribution >= 4 is 11.9 Å². The molecule has 0 spiro atoms. The molecule has 1 saturated heterocycles. The number of rotatable bonds is 5. The molecule has 1 aliphatic rings. The van der Waals surface area contributed by atoms with Gasteiger partial charge in [-0.2, -0.15) is 5.10 Å². The number of likely N-dealkylation sites (tertiary alicyclic amines) is 1. The maximum Gasteiger partial charge on any atom is 0.303 e. The molecule has 2 heterocycles. The summed E-state index contributed by atoms with van der Waals surface area (Å²) in [6.45, 7) is 1.37. The summed E-state index contributed by atoms with van der Waals surface area (Å²) in [6, 6.07) is 7.27. The smallest absolute Gasteiger partial charge is 0.303 e. The van der Waals surface area contributed by atoms with Crippen LogP contribution in [0.15, 0.2) is 36.9 Å². The number of benzene rings is 1. The maximum absolute atomic E-state index is 12.7. The van der Waals surface area contributed by atoms with Crippen LogP contribution in [-0.4, -0.2) is 49.7 Å². The van der Waals surface area contributed by atoms with Crippen molar-refractivity contribution in [3.63, 3.8) is 0 Å². The second kappa shape index (κ2) is 7.25. The monoisotopic (exact) mass is 328 g/mol. The molecule has 1 aliphatic heterocycles. The van der Waals surface area contributed by atoms with Crippen molar-refractivity contribution in [1.82, 2.24) is 19.7 Å². The lowest BCUT2D eigenvalue weighted by Crippen LogP contribution is -2.40. The number of hydrogen-bond acceptors (Lipinski definition) is 4. The molecular weight excluding hydrogens is 308 g/mol. The zero-order chi connectivity index (χ0) is 16.9. The van der Waals surface area contributed by atoms with Gasteiger partial charge in [-0.15, -0.1) is 0 Å². The van der Waals surface area contributed by atoms with Crippen molar-refractivity contribution in [3.05, 3.63) is 42.5 Å². The minimum absolute atomic E-state index is 0.000153. The van der Waals surface area contributed by atoms with E-state index in [1.165, 1.54) is 6.33 Å². The summed E-state index contributed by atoms with van der Waals surface area (Å²) in [7, 11) is 0. The van der Waals surface area contributed by atoms with E-state index in [2.05, 4.69) is 10.1 Å². The van der Waals surface area contributed by atoms with E-state index in [0.717, 1.165) is 25.1 Å². The Morgan fingerprint density at radius 3 is 2.71 bits per heavy atom. The molecule has 1 fully saturated rings. The lowest BCUT2D eigenvalue weighted by atomic mass is 9.93. The minimum Gasteiger partial charge on any atom is -0.481 e. The quantitative estimate of drug-likeness (QED) is 0.906. The third-order valence-electron chi connectivity index (χ3n) is 4.37. The van der Waals surface area contributed by atoms with Crippen LogP contribution in [0.1, 0.15) is 36.0 Å². The predicted octanol–water partition coefficient (Wildman–Crippen LogP) is 1.98. The van der Waals surface area contributed by atoms with Gasteiger partial charge in [0, 0.05) is 25.1 Å².